The molecule has 0 radical (unpaired) electrons. The highest BCUT2D eigenvalue weighted by Crippen LogP contribution is 2.21. The Kier molecular flexibility index (Phi) is 5.02. The van der Waals surface area contributed by atoms with Crippen molar-refractivity contribution in [2.24, 2.45) is 0 Å². The van der Waals surface area contributed by atoms with Gasteiger partial charge in [0.05, 0.1) is 12.6 Å². The topological polar surface area (TPSA) is 41.6 Å². The summed E-state index contributed by atoms with van der Waals surface area (Å²) in [6, 6.07) is -0.0246. The number of amides is 1. The fourth-order valence-electron chi connectivity index (χ4n) is 1.83. The molecule has 0 unspecified atom stereocenters. The van der Waals surface area contributed by atoms with Gasteiger partial charge in [-0.15, -0.1) is 6.58 Å². The number of nitrogens with zero attached hydrogens (tertiary/aromatic N) is 1. The van der Waals surface area contributed by atoms with Gasteiger partial charge in [-0.2, -0.15) is 8.78 Å². The van der Waals surface area contributed by atoms with Gasteiger partial charge in [0.2, 0.25) is 0 Å². The number of methoxy groups -OCH3 is 1. The quantitative estimate of drug-likeness (QED) is 0.721. The number of hydrogen-bond acceptors (Lipinski definition) is 3. The van der Waals surface area contributed by atoms with Crippen LogP contribution in [0, 0.1) is 0 Å². The number of halogens is 2. The highest BCUT2D eigenvalue weighted by atomic mass is 19.3. The lowest BCUT2D eigenvalue weighted by Crippen LogP contribution is -2.52. The molecule has 4 nitrogen and oxygen atoms in total. The molecule has 1 amide bonds. The second kappa shape index (κ2) is 6.07. The van der Waals surface area contributed by atoms with Crippen LogP contribution < -0.4 is 5.43 Å². The van der Waals surface area contributed by atoms with Crippen molar-refractivity contribution in [2.45, 2.75) is 31.2 Å². The Morgan fingerprint density at radius 2 is 2.41 bits per heavy atom. The van der Waals surface area contributed by atoms with E-state index in [9.17, 15) is 13.6 Å². The maximum atomic E-state index is 13.2. The molecule has 0 spiro atoms. The van der Waals surface area contributed by atoms with Crippen LogP contribution in [0.25, 0.3) is 0 Å². The molecule has 1 rings (SSSR count). The molecule has 1 atom stereocenters. The Morgan fingerprint density at radius 1 is 1.71 bits per heavy atom. The molecule has 98 valence electrons. The third kappa shape index (κ3) is 3.74. The standard InChI is InChI=1S/C11H18F2N2O2/c1-3-6-11(12,13)10(16)14-15-7-4-5-9(15)8-17-2/h3,9H,1,4-8H2,2H3,(H,14,16)/t9-/m0/s1. The van der Waals surface area contributed by atoms with Crippen molar-refractivity contribution in [3.8, 4) is 0 Å². The zero-order valence-corrected chi connectivity index (χ0v) is 9.92. The van der Waals surface area contributed by atoms with Gasteiger partial charge in [-0.05, 0) is 12.8 Å². The van der Waals surface area contributed by atoms with E-state index >= 15 is 0 Å². The van der Waals surface area contributed by atoms with Crippen molar-refractivity contribution in [1.82, 2.24) is 10.4 Å². The molecule has 1 heterocycles. The lowest BCUT2D eigenvalue weighted by atomic mass is 10.2. The molecule has 1 saturated heterocycles. The van der Waals surface area contributed by atoms with Crippen LogP contribution in [-0.4, -0.2) is 43.1 Å². The van der Waals surface area contributed by atoms with E-state index in [0.29, 0.717) is 13.2 Å². The highest BCUT2D eigenvalue weighted by Gasteiger charge is 2.39. The van der Waals surface area contributed by atoms with Crippen LogP contribution in [0.3, 0.4) is 0 Å². The van der Waals surface area contributed by atoms with Crippen LogP contribution in [0.2, 0.25) is 0 Å². The summed E-state index contributed by atoms with van der Waals surface area (Å²) < 4.78 is 31.5. The van der Waals surface area contributed by atoms with Crippen LogP contribution in [-0.2, 0) is 9.53 Å². The molecule has 0 aromatic carbocycles. The van der Waals surface area contributed by atoms with Crippen LogP contribution in [0.4, 0.5) is 8.78 Å². The fraction of sp³-hybridized carbons (Fsp3) is 0.727. The highest BCUT2D eigenvalue weighted by molar-refractivity contribution is 5.83. The van der Waals surface area contributed by atoms with E-state index < -0.39 is 18.3 Å². The predicted octanol–water partition coefficient (Wildman–Crippen LogP) is 1.34. The molecule has 0 aromatic heterocycles. The molecule has 17 heavy (non-hydrogen) atoms. The molecule has 0 bridgehead atoms. The van der Waals surface area contributed by atoms with Crippen LogP contribution in [0.1, 0.15) is 19.3 Å². The fourth-order valence-corrected chi connectivity index (χ4v) is 1.83. The summed E-state index contributed by atoms with van der Waals surface area (Å²) in [4.78, 5) is 11.4. The monoisotopic (exact) mass is 248 g/mol. The lowest BCUT2D eigenvalue weighted by molar-refractivity contribution is -0.151. The summed E-state index contributed by atoms with van der Waals surface area (Å²) in [5.41, 5.74) is 2.26. The van der Waals surface area contributed by atoms with E-state index in [2.05, 4.69) is 12.0 Å². The van der Waals surface area contributed by atoms with Crippen molar-refractivity contribution in [2.75, 3.05) is 20.3 Å². The van der Waals surface area contributed by atoms with Crippen molar-refractivity contribution < 1.29 is 18.3 Å². The summed E-state index contributed by atoms with van der Waals surface area (Å²) in [6.07, 6.45) is 2.08. The smallest absolute Gasteiger partial charge is 0.329 e. The number of nitrogens with one attached hydrogen (secondary N) is 1. The van der Waals surface area contributed by atoms with Crippen LogP contribution >= 0.6 is 0 Å². The number of allylic oxidation sites excluding steroid dienone is 1. The summed E-state index contributed by atoms with van der Waals surface area (Å²) in [5.74, 6) is -4.68. The molecule has 1 aliphatic heterocycles. The lowest BCUT2D eigenvalue weighted by Gasteiger charge is -2.26. The summed E-state index contributed by atoms with van der Waals surface area (Å²) in [5, 5.41) is 1.53. The van der Waals surface area contributed by atoms with E-state index in [1.165, 1.54) is 5.01 Å². The average Bonchev–Trinajstić information content (AvgIpc) is 2.66. The molecule has 1 aliphatic rings. The minimum absolute atomic E-state index is 0.0246. The minimum Gasteiger partial charge on any atom is -0.383 e. The van der Waals surface area contributed by atoms with Crippen molar-refractivity contribution in [3.63, 3.8) is 0 Å². The van der Waals surface area contributed by atoms with Crippen LogP contribution in [0.15, 0.2) is 12.7 Å². The number of ether oxygens (including phenoxy) is 1. The molecular formula is C11H18F2N2O2. The van der Waals surface area contributed by atoms with E-state index in [0.717, 1.165) is 18.9 Å². The van der Waals surface area contributed by atoms with E-state index in [4.69, 9.17) is 4.74 Å². The maximum absolute atomic E-state index is 13.2. The number of hydrazine groups is 1. The van der Waals surface area contributed by atoms with Gasteiger partial charge >= 0.3 is 11.8 Å². The SMILES string of the molecule is C=CCC(F)(F)C(=O)NN1CCC[C@H]1COC. The van der Waals surface area contributed by atoms with E-state index in [-0.39, 0.29) is 6.04 Å². The first-order valence-corrected chi connectivity index (χ1v) is 5.56. The van der Waals surface area contributed by atoms with Gasteiger partial charge in [0.15, 0.2) is 0 Å². The Balaban J connectivity index is 2.52. The van der Waals surface area contributed by atoms with Crippen molar-refractivity contribution in [3.05, 3.63) is 12.7 Å². The molecule has 0 aromatic rings. The van der Waals surface area contributed by atoms with Gasteiger partial charge in [0.1, 0.15) is 0 Å². The van der Waals surface area contributed by atoms with Gasteiger partial charge in [-0.25, -0.2) is 5.01 Å². The molecule has 1 N–H and O–H groups in total. The van der Waals surface area contributed by atoms with E-state index in [1.807, 2.05) is 0 Å². The first kappa shape index (κ1) is 14.1. The largest absolute Gasteiger partial charge is 0.383 e. The molecule has 0 saturated carbocycles. The Morgan fingerprint density at radius 3 is 3.00 bits per heavy atom. The molecule has 1 fully saturated rings. The zero-order valence-electron chi connectivity index (χ0n) is 9.92. The molecular weight excluding hydrogens is 230 g/mol. The van der Waals surface area contributed by atoms with Crippen molar-refractivity contribution in [1.29, 1.82) is 0 Å². The van der Waals surface area contributed by atoms with Crippen molar-refractivity contribution >= 4 is 5.91 Å². The van der Waals surface area contributed by atoms with Gasteiger partial charge in [0.25, 0.3) is 0 Å². The normalized spacial score (nSPS) is 21.5. The second-order valence-electron chi connectivity index (χ2n) is 4.08. The number of hydrogen-bond donors (Lipinski definition) is 1. The Hall–Kier alpha value is -1.01. The number of alkyl halides is 2. The number of carbonyl (C=O) groups is 1. The zero-order chi connectivity index (χ0) is 12.9. The number of carbonyl (C=O) groups excluding carboxylic acids is 1. The first-order chi connectivity index (χ1) is 8.01. The summed E-state index contributed by atoms with van der Waals surface area (Å²) >= 11 is 0. The third-order valence-electron chi connectivity index (χ3n) is 2.71. The second-order valence-corrected chi connectivity index (χ2v) is 4.08. The van der Waals surface area contributed by atoms with E-state index in [1.54, 1.807) is 7.11 Å². The Labute approximate surface area is 99.6 Å². The number of rotatable bonds is 6. The average molecular weight is 248 g/mol. The first-order valence-electron chi connectivity index (χ1n) is 5.56. The minimum atomic E-state index is -3.40. The maximum Gasteiger partial charge on any atom is 0.329 e. The summed E-state index contributed by atoms with van der Waals surface area (Å²) in [7, 11) is 1.55. The molecule has 6 heteroatoms. The molecule has 0 aliphatic carbocycles. The van der Waals surface area contributed by atoms with Gasteiger partial charge in [-0.3, -0.25) is 10.2 Å². The predicted molar refractivity (Wildman–Crippen MR) is 59.5 cm³/mol. The Bertz CT molecular complexity index is 285. The van der Waals surface area contributed by atoms with Gasteiger partial charge in [-0.1, -0.05) is 6.08 Å². The van der Waals surface area contributed by atoms with Gasteiger partial charge in [0, 0.05) is 20.1 Å². The third-order valence-corrected chi connectivity index (χ3v) is 2.71. The van der Waals surface area contributed by atoms with Crippen LogP contribution in [0.5, 0.6) is 0 Å². The van der Waals surface area contributed by atoms with Gasteiger partial charge < -0.3 is 4.74 Å². The summed E-state index contributed by atoms with van der Waals surface area (Å²) in [6.45, 7) is 4.21.